The molecule has 0 spiro atoms. The summed E-state index contributed by atoms with van der Waals surface area (Å²) in [5.41, 5.74) is 0. The first-order valence-corrected chi connectivity index (χ1v) is 6.59. The van der Waals surface area contributed by atoms with Gasteiger partial charge in [0, 0.05) is 32.3 Å². The highest BCUT2D eigenvalue weighted by Crippen LogP contribution is 2.14. The molecule has 2 heterocycles. The Morgan fingerprint density at radius 3 is 3.17 bits per heavy atom. The average molecular weight is 254 g/mol. The third-order valence-corrected chi connectivity index (χ3v) is 3.24. The summed E-state index contributed by atoms with van der Waals surface area (Å²) < 4.78 is 10.7. The molecule has 2 atom stereocenters. The van der Waals surface area contributed by atoms with Crippen LogP contribution < -0.4 is 5.32 Å². The van der Waals surface area contributed by atoms with Gasteiger partial charge in [-0.2, -0.15) is 4.98 Å². The second kappa shape index (κ2) is 6.26. The van der Waals surface area contributed by atoms with Crippen LogP contribution in [0.3, 0.4) is 0 Å². The Hall–Kier alpha value is -0.980. The van der Waals surface area contributed by atoms with E-state index in [1.54, 1.807) is 0 Å². The molecule has 1 unspecified atom stereocenters. The van der Waals surface area contributed by atoms with E-state index in [0.29, 0.717) is 30.9 Å². The number of aromatic nitrogens is 2. The average Bonchev–Trinajstić information content (AvgIpc) is 2.81. The topological polar surface area (TPSA) is 63.4 Å². The van der Waals surface area contributed by atoms with Crippen molar-refractivity contribution < 1.29 is 9.26 Å². The molecule has 1 aliphatic rings. The molecule has 1 N–H and O–H groups in total. The second-order valence-electron chi connectivity index (χ2n) is 4.67. The van der Waals surface area contributed by atoms with Gasteiger partial charge in [-0.25, -0.2) is 0 Å². The Balaban J connectivity index is 1.93. The predicted molar refractivity (Wildman–Crippen MR) is 67.1 cm³/mol. The number of nitrogens with zero attached hydrogens (tertiary/aromatic N) is 3. The van der Waals surface area contributed by atoms with Crippen molar-refractivity contribution in [2.45, 2.75) is 39.5 Å². The van der Waals surface area contributed by atoms with Crippen molar-refractivity contribution in [1.29, 1.82) is 0 Å². The third kappa shape index (κ3) is 3.28. The van der Waals surface area contributed by atoms with Crippen LogP contribution in [0, 0.1) is 0 Å². The fraction of sp³-hybridized carbons (Fsp3) is 0.833. The fourth-order valence-electron chi connectivity index (χ4n) is 2.11. The lowest BCUT2D eigenvalue weighted by Gasteiger charge is -2.32. The molecule has 6 heteroatoms. The smallest absolute Gasteiger partial charge is 0.240 e. The zero-order chi connectivity index (χ0) is 13.0. The zero-order valence-electron chi connectivity index (χ0n) is 11.3. The summed E-state index contributed by atoms with van der Waals surface area (Å²) in [4.78, 5) is 6.74. The molecule has 1 aromatic rings. The molecule has 0 aromatic carbocycles. The fourth-order valence-corrected chi connectivity index (χ4v) is 2.11. The predicted octanol–water partition coefficient (Wildman–Crippen LogP) is 0.961. The van der Waals surface area contributed by atoms with E-state index in [9.17, 15) is 0 Å². The Bertz CT molecular complexity index is 369. The lowest BCUT2D eigenvalue weighted by atomic mass is 10.2. The minimum atomic E-state index is -0.104. The van der Waals surface area contributed by atoms with Crippen molar-refractivity contribution in [2.75, 3.05) is 26.2 Å². The maximum atomic E-state index is 5.44. The minimum absolute atomic E-state index is 0.104. The van der Waals surface area contributed by atoms with Crippen molar-refractivity contribution >= 4 is 0 Å². The number of rotatable bonds is 5. The van der Waals surface area contributed by atoms with Crippen molar-refractivity contribution in [2.24, 2.45) is 0 Å². The molecule has 18 heavy (non-hydrogen) atoms. The molecular formula is C12H22N4O2. The molecule has 0 aliphatic carbocycles. The molecule has 0 radical (unpaired) electrons. The van der Waals surface area contributed by atoms with Crippen molar-refractivity contribution in [3.8, 4) is 0 Å². The normalized spacial score (nSPS) is 23.2. The van der Waals surface area contributed by atoms with E-state index in [0.717, 1.165) is 19.6 Å². The Morgan fingerprint density at radius 1 is 1.61 bits per heavy atom. The Kier molecular flexibility index (Phi) is 4.68. The van der Waals surface area contributed by atoms with Crippen molar-refractivity contribution in [1.82, 2.24) is 20.4 Å². The molecule has 0 amide bonds. The summed E-state index contributed by atoms with van der Waals surface area (Å²) in [6, 6.07) is 0.499. The molecule has 2 rings (SSSR count). The highest BCUT2D eigenvalue weighted by Gasteiger charge is 2.21. The van der Waals surface area contributed by atoms with Crippen molar-refractivity contribution in [3.05, 3.63) is 11.7 Å². The lowest BCUT2D eigenvalue weighted by molar-refractivity contribution is 0.0683. The molecule has 0 bridgehead atoms. The van der Waals surface area contributed by atoms with Gasteiger partial charge in [-0.1, -0.05) is 5.16 Å². The van der Waals surface area contributed by atoms with Gasteiger partial charge in [0.05, 0.1) is 6.54 Å². The SMILES string of the molecule is CCOC(C)c1noc(CN2CCNC[C@H]2C)n1. The van der Waals surface area contributed by atoms with Crippen LogP contribution in [0.4, 0.5) is 0 Å². The van der Waals surface area contributed by atoms with Crippen molar-refractivity contribution in [3.63, 3.8) is 0 Å². The van der Waals surface area contributed by atoms with Gasteiger partial charge >= 0.3 is 0 Å². The van der Waals surface area contributed by atoms with E-state index in [2.05, 4.69) is 27.3 Å². The second-order valence-corrected chi connectivity index (χ2v) is 4.67. The van der Waals surface area contributed by atoms with Crippen LogP contribution in [0.2, 0.25) is 0 Å². The van der Waals surface area contributed by atoms with Gasteiger partial charge < -0.3 is 14.6 Å². The first kappa shape index (κ1) is 13.5. The van der Waals surface area contributed by atoms with Gasteiger partial charge in [0.1, 0.15) is 6.10 Å². The minimum Gasteiger partial charge on any atom is -0.371 e. The molecule has 1 aromatic heterocycles. The van der Waals surface area contributed by atoms with Gasteiger partial charge in [-0.05, 0) is 20.8 Å². The molecule has 1 fully saturated rings. The lowest BCUT2D eigenvalue weighted by Crippen LogP contribution is -2.49. The Morgan fingerprint density at radius 2 is 2.44 bits per heavy atom. The van der Waals surface area contributed by atoms with E-state index >= 15 is 0 Å². The summed E-state index contributed by atoms with van der Waals surface area (Å²) in [5, 5.41) is 7.33. The number of hydrogen-bond acceptors (Lipinski definition) is 6. The monoisotopic (exact) mass is 254 g/mol. The van der Waals surface area contributed by atoms with Crippen LogP contribution in [0.25, 0.3) is 0 Å². The standard InChI is InChI=1S/C12H22N4O2/c1-4-17-10(3)12-14-11(18-15-12)8-16-6-5-13-7-9(16)2/h9-10,13H,4-8H2,1-3H3/t9-,10?/m1/s1. The number of ether oxygens (including phenoxy) is 1. The maximum absolute atomic E-state index is 5.44. The van der Waals surface area contributed by atoms with E-state index in [-0.39, 0.29) is 6.10 Å². The summed E-state index contributed by atoms with van der Waals surface area (Å²) >= 11 is 0. The zero-order valence-corrected chi connectivity index (χ0v) is 11.3. The van der Waals surface area contributed by atoms with Crippen LogP contribution in [-0.4, -0.2) is 47.3 Å². The van der Waals surface area contributed by atoms with Gasteiger partial charge in [-0.15, -0.1) is 0 Å². The maximum Gasteiger partial charge on any atom is 0.240 e. The quantitative estimate of drug-likeness (QED) is 0.844. The van der Waals surface area contributed by atoms with Crippen LogP contribution in [-0.2, 0) is 11.3 Å². The van der Waals surface area contributed by atoms with Crippen LogP contribution in [0.15, 0.2) is 4.52 Å². The van der Waals surface area contributed by atoms with Gasteiger partial charge in [0.15, 0.2) is 5.82 Å². The number of hydrogen-bond donors (Lipinski definition) is 1. The number of piperazine rings is 1. The highest BCUT2D eigenvalue weighted by atomic mass is 16.5. The summed E-state index contributed by atoms with van der Waals surface area (Å²) in [6.45, 7) is 10.5. The van der Waals surface area contributed by atoms with Crippen LogP contribution in [0.1, 0.15) is 38.6 Å². The number of nitrogens with one attached hydrogen (secondary N) is 1. The Labute approximate surface area is 108 Å². The van der Waals surface area contributed by atoms with Crippen LogP contribution >= 0.6 is 0 Å². The molecule has 6 nitrogen and oxygen atoms in total. The summed E-state index contributed by atoms with van der Waals surface area (Å²) in [6.07, 6.45) is -0.104. The molecule has 1 saturated heterocycles. The van der Waals surface area contributed by atoms with E-state index in [4.69, 9.17) is 9.26 Å². The summed E-state index contributed by atoms with van der Waals surface area (Å²) in [5.74, 6) is 1.31. The van der Waals surface area contributed by atoms with Crippen LogP contribution in [0.5, 0.6) is 0 Å². The van der Waals surface area contributed by atoms with E-state index in [1.807, 2.05) is 13.8 Å². The van der Waals surface area contributed by atoms with Gasteiger partial charge in [0.25, 0.3) is 0 Å². The molecule has 1 aliphatic heterocycles. The third-order valence-electron chi connectivity index (χ3n) is 3.24. The molecular weight excluding hydrogens is 232 g/mol. The first-order valence-electron chi connectivity index (χ1n) is 6.59. The first-order chi connectivity index (χ1) is 8.70. The largest absolute Gasteiger partial charge is 0.371 e. The van der Waals surface area contributed by atoms with E-state index in [1.165, 1.54) is 0 Å². The summed E-state index contributed by atoms with van der Waals surface area (Å²) in [7, 11) is 0. The van der Waals surface area contributed by atoms with Gasteiger partial charge in [-0.3, -0.25) is 4.90 Å². The molecule has 102 valence electrons. The highest BCUT2D eigenvalue weighted by molar-refractivity contribution is 4.91. The van der Waals surface area contributed by atoms with E-state index < -0.39 is 0 Å². The van der Waals surface area contributed by atoms with Gasteiger partial charge in [0.2, 0.25) is 5.89 Å². The molecule has 0 saturated carbocycles.